The molecule has 3 rings (SSSR count). The lowest BCUT2D eigenvalue weighted by Gasteiger charge is -2.59. The summed E-state index contributed by atoms with van der Waals surface area (Å²) in [4.78, 5) is 11.6. The normalized spacial score (nSPS) is 44.4. The molecule has 2 heterocycles. The highest BCUT2D eigenvalue weighted by Crippen LogP contribution is 2.57. The highest BCUT2D eigenvalue weighted by Gasteiger charge is 2.64. The lowest BCUT2D eigenvalue weighted by Crippen LogP contribution is -2.75. The topological polar surface area (TPSA) is 29.1 Å². The quantitative estimate of drug-likeness (QED) is 0.672. The molecule has 78 valence electrons. The maximum atomic E-state index is 11.6. The van der Waals surface area contributed by atoms with E-state index in [1.165, 1.54) is 25.0 Å². The predicted molar refractivity (Wildman–Crippen MR) is 58.3 cm³/mol. The minimum absolute atomic E-state index is 0.0755. The maximum absolute atomic E-state index is 11.6. The monoisotopic (exact) mass is 211 g/mol. The number of carbonyl (C=O) groups is 1. The highest BCUT2D eigenvalue weighted by molar-refractivity contribution is 8.00. The Morgan fingerprint density at radius 3 is 2.57 bits per heavy atom. The fourth-order valence-electron chi connectivity index (χ4n) is 3.31. The maximum Gasteiger partial charge on any atom is 0.228 e. The molecule has 1 saturated carbocycles. The molecule has 1 spiro atoms. The van der Waals surface area contributed by atoms with Crippen LogP contribution in [0.15, 0.2) is 0 Å². The molecule has 3 aliphatic rings. The molecule has 2 saturated heterocycles. The fourth-order valence-corrected chi connectivity index (χ4v) is 4.80. The van der Waals surface area contributed by atoms with Crippen LogP contribution in [0.3, 0.4) is 0 Å². The molecule has 0 radical (unpaired) electrons. The summed E-state index contributed by atoms with van der Waals surface area (Å²) in [5.41, 5.74) is 0.0755. The van der Waals surface area contributed by atoms with Gasteiger partial charge in [-0.05, 0) is 38.4 Å². The summed E-state index contributed by atoms with van der Waals surface area (Å²) >= 11 is 2.07. The first-order valence-electron chi connectivity index (χ1n) is 5.62. The summed E-state index contributed by atoms with van der Waals surface area (Å²) in [5.74, 6) is 1.61. The first-order valence-corrected chi connectivity index (χ1v) is 6.61. The van der Waals surface area contributed by atoms with Gasteiger partial charge in [0.05, 0.1) is 11.5 Å². The number of hydrogen-bond acceptors (Lipinski definition) is 2. The van der Waals surface area contributed by atoms with E-state index in [9.17, 15) is 4.79 Å². The number of amides is 1. The van der Waals surface area contributed by atoms with Crippen molar-refractivity contribution in [2.24, 2.45) is 5.41 Å². The Balaban J connectivity index is 1.83. The van der Waals surface area contributed by atoms with Gasteiger partial charge in [-0.25, -0.2) is 0 Å². The van der Waals surface area contributed by atoms with E-state index in [2.05, 4.69) is 24.0 Å². The van der Waals surface area contributed by atoms with Crippen molar-refractivity contribution < 1.29 is 4.79 Å². The van der Waals surface area contributed by atoms with Crippen LogP contribution in [0, 0.1) is 5.41 Å². The standard InChI is InChI=1S/C11H17NOS/c1-10(4-3-7-14-10)8-11(5-2-6-11)9(13)12-8/h8H,2-7H2,1H3,(H,12,13). The Kier molecular flexibility index (Phi) is 1.74. The molecule has 1 N–H and O–H groups in total. The van der Waals surface area contributed by atoms with Gasteiger partial charge in [-0.15, -0.1) is 0 Å². The second-order valence-electron chi connectivity index (χ2n) is 5.18. The van der Waals surface area contributed by atoms with Crippen molar-refractivity contribution >= 4 is 17.7 Å². The van der Waals surface area contributed by atoms with Crippen LogP contribution in [0.1, 0.15) is 39.0 Å². The highest BCUT2D eigenvalue weighted by atomic mass is 32.2. The molecule has 3 heteroatoms. The van der Waals surface area contributed by atoms with E-state index in [4.69, 9.17) is 0 Å². The van der Waals surface area contributed by atoms with Gasteiger partial charge >= 0.3 is 0 Å². The predicted octanol–water partition coefficient (Wildman–Crippen LogP) is 1.94. The van der Waals surface area contributed by atoms with Gasteiger partial charge in [0.25, 0.3) is 0 Å². The SMILES string of the molecule is CC1(C2NC(=O)C23CCC3)CCCS1. The van der Waals surface area contributed by atoms with Crippen molar-refractivity contribution in [3.63, 3.8) is 0 Å². The Morgan fingerprint density at radius 1 is 1.36 bits per heavy atom. The number of rotatable bonds is 1. The van der Waals surface area contributed by atoms with Gasteiger partial charge in [0, 0.05) is 4.75 Å². The molecule has 2 nitrogen and oxygen atoms in total. The molecule has 0 aromatic heterocycles. The van der Waals surface area contributed by atoms with Crippen molar-refractivity contribution in [2.45, 2.75) is 49.8 Å². The molecule has 1 amide bonds. The number of carbonyl (C=O) groups excluding carboxylic acids is 1. The van der Waals surface area contributed by atoms with Gasteiger partial charge in [-0.2, -0.15) is 11.8 Å². The van der Waals surface area contributed by atoms with Crippen LogP contribution in [0.25, 0.3) is 0 Å². The third kappa shape index (κ3) is 0.918. The number of hydrogen-bond donors (Lipinski definition) is 1. The summed E-state index contributed by atoms with van der Waals surface area (Å²) in [6.07, 6.45) is 6.14. The summed E-state index contributed by atoms with van der Waals surface area (Å²) in [7, 11) is 0. The van der Waals surface area contributed by atoms with Crippen molar-refractivity contribution in [1.82, 2.24) is 5.32 Å². The second kappa shape index (κ2) is 2.69. The van der Waals surface area contributed by atoms with Crippen molar-refractivity contribution in [3.05, 3.63) is 0 Å². The zero-order chi connectivity index (χ0) is 9.81. The molecule has 0 bridgehead atoms. The van der Waals surface area contributed by atoms with E-state index in [0.29, 0.717) is 16.7 Å². The van der Waals surface area contributed by atoms with Gasteiger partial charge in [0.1, 0.15) is 0 Å². The van der Waals surface area contributed by atoms with Crippen LogP contribution in [0.5, 0.6) is 0 Å². The van der Waals surface area contributed by atoms with Crippen molar-refractivity contribution in [1.29, 1.82) is 0 Å². The van der Waals surface area contributed by atoms with Gasteiger partial charge in [0.2, 0.25) is 5.91 Å². The number of nitrogens with one attached hydrogen (secondary N) is 1. The summed E-state index contributed by atoms with van der Waals surface area (Å²) in [5, 5.41) is 3.16. The lowest BCUT2D eigenvalue weighted by atomic mass is 9.55. The van der Waals surface area contributed by atoms with Gasteiger partial charge < -0.3 is 5.32 Å². The molecular weight excluding hydrogens is 194 g/mol. The Morgan fingerprint density at radius 2 is 2.14 bits per heavy atom. The van der Waals surface area contributed by atoms with Crippen LogP contribution in [0.2, 0.25) is 0 Å². The van der Waals surface area contributed by atoms with E-state index in [0.717, 1.165) is 12.8 Å². The van der Waals surface area contributed by atoms with Gasteiger partial charge in [0.15, 0.2) is 0 Å². The summed E-state index contributed by atoms with van der Waals surface area (Å²) < 4.78 is 0.342. The Bertz CT molecular complexity index is 279. The summed E-state index contributed by atoms with van der Waals surface area (Å²) in [6, 6.07) is 0.476. The Hall–Kier alpha value is -0.180. The molecule has 2 atom stereocenters. The van der Waals surface area contributed by atoms with E-state index in [-0.39, 0.29) is 5.41 Å². The van der Waals surface area contributed by atoms with Crippen LogP contribution in [0.4, 0.5) is 0 Å². The smallest absolute Gasteiger partial charge is 0.228 e. The minimum atomic E-state index is 0.0755. The first-order chi connectivity index (χ1) is 6.67. The molecule has 0 aromatic carbocycles. The second-order valence-corrected chi connectivity index (χ2v) is 6.81. The molecule has 1 aliphatic carbocycles. The Labute approximate surface area is 89.2 Å². The van der Waals surface area contributed by atoms with Gasteiger partial charge in [-0.3, -0.25) is 4.79 Å². The molecule has 2 unspecified atom stereocenters. The number of thioether (sulfide) groups is 1. The number of β-lactam (4-membered cyclic amide) rings is 1. The van der Waals surface area contributed by atoms with Crippen LogP contribution in [-0.4, -0.2) is 22.4 Å². The van der Waals surface area contributed by atoms with Crippen LogP contribution in [-0.2, 0) is 4.79 Å². The zero-order valence-electron chi connectivity index (χ0n) is 8.64. The van der Waals surface area contributed by atoms with Crippen LogP contribution < -0.4 is 5.32 Å². The van der Waals surface area contributed by atoms with E-state index >= 15 is 0 Å². The first kappa shape index (κ1) is 9.08. The molecular formula is C11H17NOS. The third-order valence-corrected chi connectivity index (χ3v) is 5.98. The average Bonchev–Trinajstić information content (AvgIpc) is 2.45. The van der Waals surface area contributed by atoms with Gasteiger partial charge in [-0.1, -0.05) is 6.42 Å². The third-order valence-electron chi connectivity index (χ3n) is 4.39. The van der Waals surface area contributed by atoms with Crippen molar-refractivity contribution in [2.75, 3.05) is 5.75 Å². The zero-order valence-corrected chi connectivity index (χ0v) is 9.45. The van der Waals surface area contributed by atoms with E-state index in [1.807, 2.05) is 0 Å². The largest absolute Gasteiger partial charge is 0.350 e. The van der Waals surface area contributed by atoms with E-state index in [1.54, 1.807) is 0 Å². The molecule has 14 heavy (non-hydrogen) atoms. The van der Waals surface area contributed by atoms with Crippen molar-refractivity contribution in [3.8, 4) is 0 Å². The van der Waals surface area contributed by atoms with Crippen LogP contribution >= 0.6 is 11.8 Å². The lowest BCUT2D eigenvalue weighted by molar-refractivity contribution is -0.156. The fraction of sp³-hybridized carbons (Fsp3) is 0.909. The summed E-state index contributed by atoms with van der Waals surface area (Å²) in [6.45, 7) is 2.34. The molecule has 3 fully saturated rings. The van der Waals surface area contributed by atoms with E-state index < -0.39 is 0 Å². The molecule has 0 aromatic rings. The molecule has 2 aliphatic heterocycles. The minimum Gasteiger partial charge on any atom is -0.350 e. The average molecular weight is 211 g/mol.